The molecule has 8 nitrogen and oxygen atoms in total. The van der Waals surface area contributed by atoms with Crippen molar-refractivity contribution in [2.45, 2.75) is 13.0 Å². The van der Waals surface area contributed by atoms with E-state index in [4.69, 9.17) is 4.74 Å². The summed E-state index contributed by atoms with van der Waals surface area (Å²) in [4.78, 5) is 25.3. The Morgan fingerprint density at radius 3 is 2.75 bits per heavy atom. The van der Waals surface area contributed by atoms with E-state index in [1.54, 1.807) is 19.5 Å². The molecule has 0 atom stereocenters. The Labute approximate surface area is 187 Å². The molecule has 3 aromatic heterocycles. The van der Waals surface area contributed by atoms with Gasteiger partial charge in [0.05, 0.1) is 19.0 Å². The van der Waals surface area contributed by atoms with Crippen LogP contribution < -0.4 is 4.74 Å². The van der Waals surface area contributed by atoms with Crippen molar-refractivity contribution >= 4 is 16.9 Å². The molecule has 0 saturated carbocycles. The number of hydrogen-bond acceptors (Lipinski definition) is 5. The molecule has 4 rings (SSSR count). The number of nitrogens with one attached hydrogen (secondary N) is 2. The molecule has 0 bridgehead atoms. The lowest BCUT2D eigenvalue weighted by atomic mass is 10.2. The van der Waals surface area contributed by atoms with Gasteiger partial charge in [-0.25, -0.2) is 4.98 Å². The van der Waals surface area contributed by atoms with Crippen LogP contribution in [0.2, 0.25) is 0 Å². The Hall–Kier alpha value is -3.65. The zero-order chi connectivity index (χ0) is 22.5. The number of fused-ring (bicyclic) bond motifs is 1. The molecule has 32 heavy (non-hydrogen) atoms. The highest BCUT2D eigenvalue weighted by atomic mass is 16.5. The Bertz CT molecular complexity index is 1180. The lowest BCUT2D eigenvalue weighted by Gasteiger charge is -2.23. The van der Waals surface area contributed by atoms with Crippen LogP contribution in [0.3, 0.4) is 0 Å². The number of aromatic nitrogens is 4. The molecule has 4 aromatic rings. The van der Waals surface area contributed by atoms with Gasteiger partial charge in [0.1, 0.15) is 17.1 Å². The van der Waals surface area contributed by atoms with E-state index in [9.17, 15) is 4.79 Å². The Kier molecular flexibility index (Phi) is 6.51. The molecule has 8 heteroatoms. The van der Waals surface area contributed by atoms with Crippen molar-refractivity contribution in [2.75, 3.05) is 34.3 Å². The number of carbonyl (C=O) groups is 1. The molecular formula is C24H28N6O2. The summed E-state index contributed by atoms with van der Waals surface area (Å²) in [6.07, 6.45) is 4.40. The van der Waals surface area contributed by atoms with Crippen molar-refractivity contribution in [3.63, 3.8) is 0 Å². The van der Waals surface area contributed by atoms with Crippen molar-refractivity contribution in [3.8, 4) is 17.0 Å². The number of benzene rings is 1. The number of rotatable bonds is 9. The van der Waals surface area contributed by atoms with E-state index in [0.29, 0.717) is 24.4 Å². The first kappa shape index (κ1) is 21.6. The zero-order valence-corrected chi connectivity index (χ0v) is 18.6. The van der Waals surface area contributed by atoms with Crippen LogP contribution in [0.15, 0.2) is 54.9 Å². The van der Waals surface area contributed by atoms with Gasteiger partial charge in [-0.15, -0.1) is 0 Å². The van der Waals surface area contributed by atoms with Crippen molar-refractivity contribution in [1.29, 1.82) is 0 Å². The van der Waals surface area contributed by atoms with Crippen LogP contribution in [0.1, 0.15) is 22.5 Å². The number of hydrogen-bond donors (Lipinski definition) is 2. The largest absolute Gasteiger partial charge is 0.497 e. The van der Waals surface area contributed by atoms with Crippen LogP contribution in [-0.2, 0) is 6.54 Å². The first-order valence-corrected chi connectivity index (χ1v) is 10.6. The van der Waals surface area contributed by atoms with Crippen LogP contribution in [0, 0.1) is 0 Å². The molecule has 2 N–H and O–H groups in total. The summed E-state index contributed by atoms with van der Waals surface area (Å²) in [5.74, 6) is 0.735. The summed E-state index contributed by atoms with van der Waals surface area (Å²) in [6.45, 7) is 2.06. The Morgan fingerprint density at radius 2 is 2.00 bits per heavy atom. The van der Waals surface area contributed by atoms with Crippen LogP contribution in [0.5, 0.6) is 5.75 Å². The van der Waals surface area contributed by atoms with Gasteiger partial charge >= 0.3 is 0 Å². The van der Waals surface area contributed by atoms with E-state index < -0.39 is 0 Å². The topological polar surface area (TPSA) is 90.1 Å². The van der Waals surface area contributed by atoms with E-state index in [0.717, 1.165) is 40.9 Å². The smallest absolute Gasteiger partial charge is 0.270 e. The van der Waals surface area contributed by atoms with Crippen LogP contribution in [0.4, 0.5) is 0 Å². The average Bonchev–Trinajstić information content (AvgIpc) is 3.47. The fraction of sp³-hybridized carbons (Fsp3) is 0.292. The second-order valence-electron chi connectivity index (χ2n) is 8.04. The number of H-pyrrole nitrogens is 2. The highest BCUT2D eigenvalue weighted by Crippen LogP contribution is 2.22. The van der Waals surface area contributed by atoms with Crippen molar-refractivity contribution in [2.24, 2.45) is 0 Å². The predicted octanol–water partition coefficient (Wildman–Crippen LogP) is 3.56. The normalized spacial score (nSPS) is 11.2. The number of carbonyl (C=O) groups excluding carboxylic acids is 1. The monoisotopic (exact) mass is 432 g/mol. The van der Waals surface area contributed by atoms with Gasteiger partial charge in [0.2, 0.25) is 0 Å². The zero-order valence-electron chi connectivity index (χ0n) is 18.6. The van der Waals surface area contributed by atoms with E-state index in [1.165, 1.54) is 0 Å². The number of ether oxygens (including phenoxy) is 1. The number of methoxy groups -OCH3 is 1. The Morgan fingerprint density at radius 1 is 1.12 bits per heavy atom. The first-order valence-electron chi connectivity index (χ1n) is 10.6. The SMILES string of the molecule is COc1cccc(CN(CCCN(C)C)C(=O)c2cc3ccc(-c4cn[nH]c4)nc3[nH]2)c1. The van der Waals surface area contributed by atoms with Gasteiger partial charge in [-0.2, -0.15) is 5.10 Å². The summed E-state index contributed by atoms with van der Waals surface area (Å²) in [5, 5.41) is 7.68. The number of pyridine rings is 1. The summed E-state index contributed by atoms with van der Waals surface area (Å²) in [5.41, 5.74) is 3.94. The molecule has 0 aliphatic carbocycles. The van der Waals surface area contributed by atoms with Gasteiger partial charge in [-0.3, -0.25) is 9.89 Å². The van der Waals surface area contributed by atoms with Crippen molar-refractivity contribution in [3.05, 3.63) is 66.1 Å². The molecule has 3 heterocycles. The quantitative estimate of drug-likeness (QED) is 0.422. The molecule has 0 spiro atoms. The molecule has 0 aliphatic heterocycles. The molecule has 0 radical (unpaired) electrons. The average molecular weight is 433 g/mol. The summed E-state index contributed by atoms with van der Waals surface area (Å²) in [7, 11) is 5.72. The fourth-order valence-corrected chi connectivity index (χ4v) is 3.66. The Balaban J connectivity index is 1.59. The number of amides is 1. The van der Waals surface area contributed by atoms with Crippen LogP contribution >= 0.6 is 0 Å². The minimum Gasteiger partial charge on any atom is -0.497 e. The fourth-order valence-electron chi connectivity index (χ4n) is 3.66. The minimum absolute atomic E-state index is 0.0468. The molecule has 1 amide bonds. The number of nitrogens with zero attached hydrogens (tertiary/aromatic N) is 4. The molecule has 166 valence electrons. The van der Waals surface area contributed by atoms with Crippen molar-refractivity contribution in [1.82, 2.24) is 30.0 Å². The van der Waals surface area contributed by atoms with Crippen LogP contribution in [0.25, 0.3) is 22.3 Å². The van der Waals surface area contributed by atoms with Gasteiger partial charge in [-0.1, -0.05) is 12.1 Å². The van der Waals surface area contributed by atoms with E-state index in [-0.39, 0.29) is 5.91 Å². The highest BCUT2D eigenvalue weighted by molar-refractivity contribution is 5.97. The third-order valence-electron chi connectivity index (χ3n) is 5.33. The third kappa shape index (κ3) is 4.97. The second kappa shape index (κ2) is 9.65. The van der Waals surface area contributed by atoms with Gasteiger partial charge in [0.15, 0.2) is 0 Å². The number of aromatic amines is 2. The van der Waals surface area contributed by atoms with Gasteiger partial charge < -0.3 is 19.5 Å². The van der Waals surface area contributed by atoms with Gasteiger partial charge in [0, 0.05) is 30.2 Å². The van der Waals surface area contributed by atoms with Crippen LogP contribution in [-0.4, -0.2) is 70.2 Å². The minimum atomic E-state index is -0.0468. The third-order valence-corrected chi connectivity index (χ3v) is 5.33. The predicted molar refractivity (Wildman–Crippen MR) is 125 cm³/mol. The standard InChI is InChI=1S/C24H28N6O2/c1-29(2)10-5-11-30(16-17-6-4-7-20(12-17)32-3)24(31)22-13-18-8-9-21(27-23(18)28-22)19-14-25-26-15-19/h4,6-9,12-15H,5,10-11,16H2,1-3H3,(H,25,26)(H,27,28). The van der Waals surface area contributed by atoms with Gasteiger partial charge in [0.25, 0.3) is 5.91 Å². The molecule has 1 aromatic carbocycles. The maximum absolute atomic E-state index is 13.5. The molecule has 0 unspecified atom stereocenters. The lowest BCUT2D eigenvalue weighted by molar-refractivity contribution is 0.0732. The second-order valence-corrected chi connectivity index (χ2v) is 8.04. The maximum atomic E-state index is 13.5. The summed E-state index contributed by atoms with van der Waals surface area (Å²) >= 11 is 0. The summed E-state index contributed by atoms with van der Waals surface area (Å²) < 4.78 is 5.34. The molecule has 0 saturated heterocycles. The molecule has 0 aliphatic rings. The highest BCUT2D eigenvalue weighted by Gasteiger charge is 2.19. The van der Waals surface area contributed by atoms with E-state index in [1.807, 2.05) is 61.5 Å². The van der Waals surface area contributed by atoms with Gasteiger partial charge in [-0.05, 0) is 63.0 Å². The maximum Gasteiger partial charge on any atom is 0.270 e. The molecule has 0 fully saturated rings. The molecular weight excluding hydrogens is 404 g/mol. The first-order chi connectivity index (χ1) is 15.5. The summed E-state index contributed by atoms with van der Waals surface area (Å²) in [6, 6.07) is 13.6. The lowest BCUT2D eigenvalue weighted by Crippen LogP contribution is -2.33. The van der Waals surface area contributed by atoms with E-state index in [2.05, 4.69) is 25.1 Å². The van der Waals surface area contributed by atoms with E-state index >= 15 is 0 Å². The van der Waals surface area contributed by atoms with Crippen molar-refractivity contribution < 1.29 is 9.53 Å².